The molecule has 0 saturated heterocycles. The van der Waals surface area contributed by atoms with Gasteiger partial charge in [-0.05, 0) is 25.7 Å². The zero-order valence-corrected chi connectivity index (χ0v) is 9.04. The molecule has 0 aromatic carbocycles. The molecule has 0 bridgehead atoms. The summed E-state index contributed by atoms with van der Waals surface area (Å²) >= 11 is 0. The van der Waals surface area contributed by atoms with Crippen molar-refractivity contribution in [2.75, 3.05) is 0 Å². The lowest BCUT2D eigenvalue weighted by molar-refractivity contribution is 0.441. The maximum Gasteiger partial charge on any atom is 0.0971 e. The summed E-state index contributed by atoms with van der Waals surface area (Å²) in [6, 6.07) is 0.560. The molecule has 2 fully saturated rings. The van der Waals surface area contributed by atoms with E-state index in [1.807, 2.05) is 0 Å². The Kier molecular flexibility index (Phi) is 3.44. The second-order valence-corrected chi connectivity index (χ2v) is 4.83. The first kappa shape index (κ1) is 10.0. The lowest BCUT2D eigenvalue weighted by Gasteiger charge is -2.19. The SMILES string of the molecule is NC(=NC1CCCCC1)C1CCCC1. The van der Waals surface area contributed by atoms with Gasteiger partial charge in [0.15, 0.2) is 0 Å². The Bertz CT molecular complexity index is 198. The molecule has 80 valence electrons. The standard InChI is InChI=1S/C12H22N2/c13-12(10-6-4-5-7-10)14-11-8-2-1-3-9-11/h10-11H,1-9H2,(H2,13,14). The Balaban J connectivity index is 1.87. The molecule has 2 saturated carbocycles. The van der Waals surface area contributed by atoms with Gasteiger partial charge in [0, 0.05) is 5.92 Å². The molecule has 2 heteroatoms. The number of aliphatic imine (C=N–C) groups is 1. The van der Waals surface area contributed by atoms with Crippen molar-refractivity contribution in [1.82, 2.24) is 0 Å². The molecule has 2 rings (SSSR count). The second kappa shape index (κ2) is 4.81. The van der Waals surface area contributed by atoms with Gasteiger partial charge >= 0.3 is 0 Å². The van der Waals surface area contributed by atoms with Gasteiger partial charge in [-0.1, -0.05) is 32.1 Å². The highest BCUT2D eigenvalue weighted by Gasteiger charge is 2.20. The number of hydrogen-bond donors (Lipinski definition) is 1. The van der Waals surface area contributed by atoms with E-state index in [-0.39, 0.29) is 0 Å². The Morgan fingerprint density at radius 3 is 2.07 bits per heavy atom. The van der Waals surface area contributed by atoms with Crippen LogP contribution in [0.1, 0.15) is 57.8 Å². The lowest BCUT2D eigenvalue weighted by Crippen LogP contribution is -2.25. The molecule has 0 heterocycles. The molecule has 0 atom stereocenters. The molecule has 14 heavy (non-hydrogen) atoms. The van der Waals surface area contributed by atoms with Gasteiger partial charge < -0.3 is 5.73 Å². The zero-order valence-electron chi connectivity index (χ0n) is 9.04. The van der Waals surface area contributed by atoms with E-state index in [9.17, 15) is 0 Å². The van der Waals surface area contributed by atoms with E-state index in [0.717, 1.165) is 5.84 Å². The average Bonchev–Trinajstić information content (AvgIpc) is 2.72. The predicted octanol–water partition coefficient (Wildman–Crippen LogP) is 2.87. The molecular weight excluding hydrogens is 172 g/mol. The number of nitrogens with zero attached hydrogens (tertiary/aromatic N) is 1. The molecule has 0 aliphatic heterocycles. The van der Waals surface area contributed by atoms with Gasteiger partial charge in [0.25, 0.3) is 0 Å². The van der Waals surface area contributed by atoms with Crippen LogP contribution in [0.3, 0.4) is 0 Å². The van der Waals surface area contributed by atoms with Crippen LogP contribution in [0.5, 0.6) is 0 Å². The molecule has 0 aromatic rings. The maximum absolute atomic E-state index is 6.06. The van der Waals surface area contributed by atoms with E-state index >= 15 is 0 Å². The van der Waals surface area contributed by atoms with E-state index in [2.05, 4.69) is 0 Å². The third-order valence-corrected chi connectivity index (χ3v) is 3.68. The monoisotopic (exact) mass is 194 g/mol. The summed E-state index contributed by atoms with van der Waals surface area (Å²) in [7, 11) is 0. The van der Waals surface area contributed by atoms with Crippen LogP contribution in [0.4, 0.5) is 0 Å². The smallest absolute Gasteiger partial charge is 0.0971 e. The molecule has 0 amide bonds. The van der Waals surface area contributed by atoms with E-state index in [1.54, 1.807) is 0 Å². The molecule has 0 spiro atoms. The quantitative estimate of drug-likeness (QED) is 0.533. The van der Waals surface area contributed by atoms with Crippen molar-refractivity contribution in [3.8, 4) is 0 Å². The number of hydrogen-bond acceptors (Lipinski definition) is 1. The van der Waals surface area contributed by atoms with Gasteiger partial charge in [0.2, 0.25) is 0 Å². The Hall–Kier alpha value is -0.530. The van der Waals surface area contributed by atoms with Gasteiger partial charge in [-0.2, -0.15) is 0 Å². The van der Waals surface area contributed by atoms with Crippen LogP contribution in [0.15, 0.2) is 4.99 Å². The van der Waals surface area contributed by atoms with Crippen LogP contribution >= 0.6 is 0 Å². The molecule has 0 aromatic heterocycles. The second-order valence-electron chi connectivity index (χ2n) is 4.83. The number of amidine groups is 1. The van der Waals surface area contributed by atoms with Gasteiger partial charge in [-0.25, -0.2) is 0 Å². The first-order valence-electron chi connectivity index (χ1n) is 6.19. The fourth-order valence-electron chi connectivity index (χ4n) is 2.75. The average molecular weight is 194 g/mol. The van der Waals surface area contributed by atoms with Gasteiger partial charge in [0.05, 0.1) is 11.9 Å². The van der Waals surface area contributed by atoms with E-state index in [4.69, 9.17) is 10.7 Å². The minimum absolute atomic E-state index is 0.560. The van der Waals surface area contributed by atoms with Crippen molar-refractivity contribution in [2.45, 2.75) is 63.8 Å². The first-order chi connectivity index (χ1) is 6.86. The topological polar surface area (TPSA) is 38.4 Å². The fraction of sp³-hybridized carbons (Fsp3) is 0.917. The summed E-state index contributed by atoms with van der Waals surface area (Å²) in [5.41, 5.74) is 6.06. The van der Waals surface area contributed by atoms with Crippen LogP contribution < -0.4 is 5.73 Å². The van der Waals surface area contributed by atoms with Crippen LogP contribution in [-0.2, 0) is 0 Å². The Morgan fingerprint density at radius 1 is 0.857 bits per heavy atom. The van der Waals surface area contributed by atoms with E-state index < -0.39 is 0 Å². The first-order valence-corrected chi connectivity index (χ1v) is 6.19. The molecular formula is C12H22N2. The van der Waals surface area contributed by atoms with Crippen LogP contribution in [0, 0.1) is 5.92 Å². The summed E-state index contributed by atoms with van der Waals surface area (Å²) in [5, 5.41) is 0. The molecule has 2 nitrogen and oxygen atoms in total. The highest BCUT2D eigenvalue weighted by molar-refractivity contribution is 5.83. The summed E-state index contributed by atoms with van der Waals surface area (Å²) in [5.74, 6) is 1.59. The largest absolute Gasteiger partial charge is 0.387 e. The van der Waals surface area contributed by atoms with Gasteiger partial charge in [-0.15, -0.1) is 0 Å². The highest BCUT2D eigenvalue weighted by Crippen LogP contribution is 2.26. The molecule has 2 aliphatic carbocycles. The van der Waals surface area contributed by atoms with E-state index in [1.165, 1.54) is 57.8 Å². The minimum atomic E-state index is 0.560. The normalized spacial score (nSPS) is 27.0. The third-order valence-electron chi connectivity index (χ3n) is 3.68. The number of nitrogens with two attached hydrogens (primary N) is 1. The summed E-state index contributed by atoms with van der Waals surface area (Å²) in [4.78, 5) is 4.71. The zero-order chi connectivity index (χ0) is 9.80. The van der Waals surface area contributed by atoms with Crippen LogP contribution in [-0.4, -0.2) is 11.9 Å². The fourth-order valence-corrected chi connectivity index (χ4v) is 2.75. The van der Waals surface area contributed by atoms with Crippen molar-refractivity contribution >= 4 is 5.84 Å². The predicted molar refractivity (Wildman–Crippen MR) is 60.5 cm³/mol. The Labute approximate surface area is 87.0 Å². The van der Waals surface area contributed by atoms with Crippen LogP contribution in [0.2, 0.25) is 0 Å². The van der Waals surface area contributed by atoms with Crippen molar-refractivity contribution < 1.29 is 0 Å². The summed E-state index contributed by atoms with van der Waals surface area (Å²) in [6.45, 7) is 0. The van der Waals surface area contributed by atoms with Crippen LogP contribution in [0.25, 0.3) is 0 Å². The number of rotatable bonds is 2. The molecule has 0 radical (unpaired) electrons. The molecule has 0 unspecified atom stereocenters. The summed E-state index contributed by atoms with van der Waals surface area (Å²) in [6.07, 6.45) is 11.9. The molecule has 2 N–H and O–H groups in total. The van der Waals surface area contributed by atoms with Crippen molar-refractivity contribution in [3.05, 3.63) is 0 Å². The van der Waals surface area contributed by atoms with Gasteiger partial charge in [-0.3, -0.25) is 4.99 Å². The maximum atomic E-state index is 6.06. The van der Waals surface area contributed by atoms with Gasteiger partial charge in [0.1, 0.15) is 0 Å². The Morgan fingerprint density at radius 2 is 1.43 bits per heavy atom. The van der Waals surface area contributed by atoms with E-state index in [0.29, 0.717) is 12.0 Å². The van der Waals surface area contributed by atoms with Crippen molar-refractivity contribution in [2.24, 2.45) is 16.6 Å². The highest BCUT2D eigenvalue weighted by atomic mass is 14.9. The molecule has 2 aliphatic rings. The van der Waals surface area contributed by atoms with Crippen molar-refractivity contribution in [1.29, 1.82) is 0 Å². The lowest BCUT2D eigenvalue weighted by atomic mass is 9.95. The van der Waals surface area contributed by atoms with Crippen molar-refractivity contribution in [3.63, 3.8) is 0 Å². The third kappa shape index (κ3) is 2.49. The minimum Gasteiger partial charge on any atom is -0.387 e. The summed E-state index contributed by atoms with van der Waals surface area (Å²) < 4.78 is 0.